The van der Waals surface area contributed by atoms with Crippen LogP contribution >= 0.6 is 0 Å². The SMILES string of the molecule is CCOC(=O)C1(C(=O)OCC)CC(c2ccc(C)cc2)=NO1. The second-order valence-corrected chi connectivity index (χ2v) is 4.94. The lowest BCUT2D eigenvalue weighted by atomic mass is 9.94. The first-order chi connectivity index (χ1) is 10.5. The van der Waals surface area contributed by atoms with Crippen molar-refractivity contribution in [1.82, 2.24) is 0 Å². The third-order valence-electron chi connectivity index (χ3n) is 3.32. The van der Waals surface area contributed by atoms with E-state index in [0.717, 1.165) is 11.1 Å². The molecule has 0 atom stereocenters. The molecule has 22 heavy (non-hydrogen) atoms. The van der Waals surface area contributed by atoms with Crippen molar-refractivity contribution < 1.29 is 23.9 Å². The summed E-state index contributed by atoms with van der Waals surface area (Å²) in [6.07, 6.45) is -0.00622. The number of hydrogen-bond donors (Lipinski definition) is 0. The van der Waals surface area contributed by atoms with Gasteiger partial charge in [0.1, 0.15) is 0 Å². The summed E-state index contributed by atoms with van der Waals surface area (Å²) in [4.78, 5) is 29.6. The summed E-state index contributed by atoms with van der Waals surface area (Å²) in [6.45, 7) is 5.57. The molecule has 0 unspecified atom stereocenters. The molecule has 1 aliphatic heterocycles. The highest BCUT2D eigenvalue weighted by Crippen LogP contribution is 2.30. The van der Waals surface area contributed by atoms with Crippen molar-refractivity contribution >= 4 is 17.7 Å². The van der Waals surface area contributed by atoms with Gasteiger partial charge in [-0.2, -0.15) is 0 Å². The Morgan fingerprint density at radius 1 is 1.14 bits per heavy atom. The molecule has 0 spiro atoms. The van der Waals surface area contributed by atoms with Gasteiger partial charge in [0.15, 0.2) is 0 Å². The average Bonchev–Trinajstić information content (AvgIpc) is 2.95. The Balaban J connectivity index is 2.26. The van der Waals surface area contributed by atoms with Gasteiger partial charge < -0.3 is 14.3 Å². The number of benzene rings is 1. The zero-order chi connectivity index (χ0) is 16.2. The highest BCUT2D eigenvalue weighted by molar-refractivity contribution is 6.13. The van der Waals surface area contributed by atoms with Gasteiger partial charge in [0.05, 0.1) is 25.3 Å². The predicted octanol–water partition coefficient (Wildman–Crippen LogP) is 1.98. The van der Waals surface area contributed by atoms with Crippen LogP contribution in [0, 0.1) is 6.92 Å². The van der Waals surface area contributed by atoms with Crippen LogP contribution in [0.15, 0.2) is 29.4 Å². The molecule has 0 saturated heterocycles. The fraction of sp³-hybridized carbons (Fsp3) is 0.438. The molecular formula is C16H19NO5. The van der Waals surface area contributed by atoms with Gasteiger partial charge in [0, 0.05) is 0 Å². The molecule has 6 heteroatoms. The van der Waals surface area contributed by atoms with Gasteiger partial charge in [-0.05, 0) is 26.3 Å². The van der Waals surface area contributed by atoms with Crippen LogP contribution in [0.5, 0.6) is 0 Å². The fourth-order valence-electron chi connectivity index (χ4n) is 2.13. The number of ether oxygens (including phenoxy) is 2. The highest BCUT2D eigenvalue weighted by Gasteiger charge is 2.56. The Morgan fingerprint density at radius 3 is 2.18 bits per heavy atom. The van der Waals surface area contributed by atoms with Crippen molar-refractivity contribution in [2.45, 2.75) is 32.8 Å². The van der Waals surface area contributed by atoms with Crippen LogP contribution in [0.2, 0.25) is 0 Å². The molecule has 1 aromatic rings. The second-order valence-electron chi connectivity index (χ2n) is 4.94. The minimum Gasteiger partial charge on any atom is -0.462 e. The molecule has 1 heterocycles. The fourth-order valence-corrected chi connectivity index (χ4v) is 2.13. The zero-order valence-electron chi connectivity index (χ0n) is 12.9. The number of nitrogens with zero attached hydrogens (tertiary/aromatic N) is 1. The van der Waals surface area contributed by atoms with Gasteiger partial charge in [-0.1, -0.05) is 35.0 Å². The quantitative estimate of drug-likeness (QED) is 0.614. The summed E-state index contributed by atoms with van der Waals surface area (Å²) in [5, 5.41) is 3.91. The molecular weight excluding hydrogens is 286 g/mol. The molecule has 1 aromatic carbocycles. The Hall–Kier alpha value is -2.37. The van der Waals surface area contributed by atoms with E-state index in [1.807, 2.05) is 31.2 Å². The van der Waals surface area contributed by atoms with E-state index in [2.05, 4.69) is 5.16 Å². The van der Waals surface area contributed by atoms with E-state index in [1.54, 1.807) is 13.8 Å². The van der Waals surface area contributed by atoms with Crippen molar-refractivity contribution in [2.24, 2.45) is 5.16 Å². The Morgan fingerprint density at radius 2 is 1.68 bits per heavy atom. The van der Waals surface area contributed by atoms with Crippen LogP contribution < -0.4 is 0 Å². The number of esters is 2. The van der Waals surface area contributed by atoms with Crippen LogP contribution in [0.3, 0.4) is 0 Å². The largest absolute Gasteiger partial charge is 0.462 e. The zero-order valence-corrected chi connectivity index (χ0v) is 12.9. The smallest absolute Gasteiger partial charge is 0.365 e. The summed E-state index contributed by atoms with van der Waals surface area (Å²) in [5.74, 6) is -1.56. The minimum absolute atomic E-state index is 0.00622. The van der Waals surface area contributed by atoms with Gasteiger partial charge in [-0.15, -0.1) is 0 Å². The molecule has 0 fully saturated rings. The highest BCUT2D eigenvalue weighted by atomic mass is 16.7. The molecule has 1 aliphatic rings. The third kappa shape index (κ3) is 2.95. The number of carbonyl (C=O) groups excluding carboxylic acids is 2. The molecule has 0 radical (unpaired) electrons. The molecule has 0 bridgehead atoms. The van der Waals surface area contributed by atoms with Crippen molar-refractivity contribution in [3.63, 3.8) is 0 Å². The van der Waals surface area contributed by atoms with Crippen LogP contribution in [0.25, 0.3) is 0 Å². The Bertz CT molecular complexity index is 573. The van der Waals surface area contributed by atoms with Crippen molar-refractivity contribution in [2.75, 3.05) is 13.2 Å². The number of aryl methyl sites for hydroxylation is 1. The van der Waals surface area contributed by atoms with E-state index >= 15 is 0 Å². The maximum absolute atomic E-state index is 12.2. The predicted molar refractivity (Wildman–Crippen MR) is 79.4 cm³/mol. The topological polar surface area (TPSA) is 74.2 Å². The molecule has 0 N–H and O–H groups in total. The summed E-state index contributed by atoms with van der Waals surface area (Å²) < 4.78 is 9.92. The number of rotatable bonds is 5. The monoisotopic (exact) mass is 305 g/mol. The van der Waals surface area contributed by atoms with Crippen LogP contribution in [-0.4, -0.2) is 36.5 Å². The maximum atomic E-state index is 12.2. The van der Waals surface area contributed by atoms with E-state index in [1.165, 1.54) is 0 Å². The van der Waals surface area contributed by atoms with Crippen LogP contribution in [0.1, 0.15) is 31.4 Å². The summed E-state index contributed by atoms with van der Waals surface area (Å²) in [5.41, 5.74) is 0.569. The molecule has 6 nitrogen and oxygen atoms in total. The van der Waals surface area contributed by atoms with Gasteiger partial charge in [-0.3, -0.25) is 0 Å². The van der Waals surface area contributed by atoms with Gasteiger partial charge in [0.2, 0.25) is 0 Å². The molecule has 0 saturated carbocycles. The van der Waals surface area contributed by atoms with E-state index in [9.17, 15) is 9.59 Å². The lowest BCUT2D eigenvalue weighted by Gasteiger charge is -2.21. The average molecular weight is 305 g/mol. The van der Waals surface area contributed by atoms with E-state index in [0.29, 0.717) is 5.71 Å². The van der Waals surface area contributed by atoms with E-state index in [-0.39, 0.29) is 19.6 Å². The lowest BCUT2D eigenvalue weighted by Crippen LogP contribution is -2.49. The van der Waals surface area contributed by atoms with Crippen molar-refractivity contribution in [3.05, 3.63) is 35.4 Å². The third-order valence-corrected chi connectivity index (χ3v) is 3.32. The first kappa shape index (κ1) is 16.0. The first-order valence-corrected chi connectivity index (χ1v) is 7.20. The molecule has 0 amide bonds. The standard InChI is InChI=1S/C16H19NO5/c1-4-20-14(18)16(15(19)21-5-2)10-13(17-22-16)12-8-6-11(3)7-9-12/h6-9H,4-5,10H2,1-3H3. The minimum atomic E-state index is -1.84. The number of oxime groups is 1. The van der Waals surface area contributed by atoms with Crippen LogP contribution in [-0.2, 0) is 23.9 Å². The summed E-state index contributed by atoms with van der Waals surface area (Å²) in [6, 6.07) is 7.58. The second kappa shape index (κ2) is 6.60. The Labute approximate surface area is 129 Å². The first-order valence-electron chi connectivity index (χ1n) is 7.20. The summed E-state index contributed by atoms with van der Waals surface area (Å²) >= 11 is 0. The molecule has 0 aromatic heterocycles. The van der Waals surface area contributed by atoms with Gasteiger partial charge in [0.25, 0.3) is 0 Å². The van der Waals surface area contributed by atoms with E-state index < -0.39 is 17.5 Å². The van der Waals surface area contributed by atoms with Crippen molar-refractivity contribution in [1.29, 1.82) is 0 Å². The maximum Gasteiger partial charge on any atom is 0.365 e. The van der Waals surface area contributed by atoms with Gasteiger partial charge >= 0.3 is 17.5 Å². The molecule has 2 rings (SSSR count). The van der Waals surface area contributed by atoms with Crippen LogP contribution in [0.4, 0.5) is 0 Å². The number of carbonyl (C=O) groups is 2. The molecule has 118 valence electrons. The van der Waals surface area contributed by atoms with Crippen molar-refractivity contribution in [3.8, 4) is 0 Å². The summed E-state index contributed by atoms with van der Waals surface area (Å²) in [7, 11) is 0. The van der Waals surface area contributed by atoms with Gasteiger partial charge in [-0.25, -0.2) is 9.59 Å². The Kier molecular flexibility index (Phi) is 4.80. The molecule has 0 aliphatic carbocycles. The normalized spacial score (nSPS) is 15.7. The lowest BCUT2D eigenvalue weighted by molar-refractivity contribution is -0.187. The van der Waals surface area contributed by atoms with E-state index in [4.69, 9.17) is 14.3 Å². The number of hydrogen-bond acceptors (Lipinski definition) is 6.